The summed E-state index contributed by atoms with van der Waals surface area (Å²) in [6.45, 7) is 5.21. The fraction of sp³-hybridized carbons (Fsp3) is 0.364. The molecule has 5 nitrogen and oxygen atoms in total. The molecule has 1 fully saturated rings. The van der Waals surface area contributed by atoms with Crippen LogP contribution in [-0.2, 0) is 9.53 Å². The van der Waals surface area contributed by atoms with Crippen LogP contribution >= 0.6 is 11.8 Å². The Labute approximate surface area is 173 Å². The van der Waals surface area contributed by atoms with Crippen molar-refractivity contribution in [2.45, 2.75) is 25.1 Å². The molecule has 7 heteroatoms. The molecule has 154 valence electrons. The second-order valence-electron chi connectivity index (χ2n) is 6.99. The lowest BCUT2D eigenvalue weighted by Gasteiger charge is -2.30. The average Bonchev–Trinajstić information content (AvgIpc) is 3.06. The zero-order valence-electron chi connectivity index (χ0n) is 16.4. The van der Waals surface area contributed by atoms with Crippen LogP contribution in [0.25, 0.3) is 0 Å². The van der Waals surface area contributed by atoms with E-state index in [0.717, 1.165) is 16.7 Å². The number of benzene rings is 2. The normalized spacial score (nSPS) is 17.6. The number of thioether (sulfide) groups is 1. The van der Waals surface area contributed by atoms with Gasteiger partial charge in [-0.1, -0.05) is 18.2 Å². The molecule has 0 spiro atoms. The predicted octanol–water partition coefficient (Wildman–Crippen LogP) is 4.23. The summed E-state index contributed by atoms with van der Waals surface area (Å²) in [5, 5.41) is 9.04. The van der Waals surface area contributed by atoms with E-state index in [1.165, 1.54) is 23.9 Å². The number of nitrogens with zero attached hydrogens (tertiary/aromatic N) is 1. The standard InChI is InChI=1S/C22H24FNO4S/c1-3-28-12-17(19-9-6-16(22(26)27)10-14(19)2)11-24-20(25)13-29-21(24)15-4-7-18(23)8-5-15/h4-10,17,21H,3,11-13H2,1-2H3,(H,26,27). The quantitative estimate of drug-likeness (QED) is 0.696. The van der Waals surface area contributed by atoms with Gasteiger partial charge in [0.25, 0.3) is 0 Å². The molecule has 1 N–H and O–H groups in total. The lowest BCUT2D eigenvalue weighted by Crippen LogP contribution is -2.34. The second kappa shape index (κ2) is 9.41. The summed E-state index contributed by atoms with van der Waals surface area (Å²) in [7, 11) is 0. The molecular formula is C22H24FNO4S. The van der Waals surface area contributed by atoms with Crippen LogP contribution in [0.5, 0.6) is 0 Å². The summed E-state index contributed by atoms with van der Waals surface area (Å²) in [4.78, 5) is 25.7. The first-order chi connectivity index (χ1) is 13.9. The van der Waals surface area contributed by atoms with Gasteiger partial charge in [-0.05, 0) is 54.8 Å². The highest BCUT2D eigenvalue weighted by atomic mass is 32.2. The van der Waals surface area contributed by atoms with E-state index in [1.807, 2.05) is 24.8 Å². The molecule has 1 heterocycles. The number of amides is 1. The van der Waals surface area contributed by atoms with Gasteiger partial charge in [0.2, 0.25) is 5.91 Å². The lowest BCUT2D eigenvalue weighted by molar-refractivity contribution is -0.128. The first-order valence-electron chi connectivity index (χ1n) is 9.48. The van der Waals surface area contributed by atoms with Crippen molar-refractivity contribution in [1.29, 1.82) is 0 Å². The summed E-state index contributed by atoms with van der Waals surface area (Å²) in [6.07, 6.45) is 0. The number of hydrogen-bond acceptors (Lipinski definition) is 4. The Hall–Kier alpha value is -2.38. The number of carbonyl (C=O) groups excluding carboxylic acids is 1. The Morgan fingerprint density at radius 3 is 2.66 bits per heavy atom. The number of aryl methyl sites for hydroxylation is 1. The van der Waals surface area contributed by atoms with Crippen LogP contribution in [0.4, 0.5) is 4.39 Å². The van der Waals surface area contributed by atoms with Gasteiger partial charge in [0.15, 0.2) is 0 Å². The monoisotopic (exact) mass is 417 g/mol. The number of aromatic carboxylic acids is 1. The second-order valence-corrected chi connectivity index (χ2v) is 8.06. The minimum atomic E-state index is -0.969. The van der Waals surface area contributed by atoms with Crippen molar-refractivity contribution >= 4 is 23.6 Å². The molecule has 2 aromatic rings. The number of carboxylic acids is 1. The molecule has 2 unspecified atom stereocenters. The number of hydrogen-bond donors (Lipinski definition) is 1. The van der Waals surface area contributed by atoms with Crippen LogP contribution in [0.3, 0.4) is 0 Å². The first kappa shape index (κ1) is 21.3. The number of halogens is 1. The lowest BCUT2D eigenvalue weighted by atomic mass is 9.93. The summed E-state index contributed by atoms with van der Waals surface area (Å²) in [5.74, 6) is -0.962. The summed E-state index contributed by atoms with van der Waals surface area (Å²) in [5.41, 5.74) is 2.94. The van der Waals surface area contributed by atoms with Gasteiger partial charge >= 0.3 is 5.97 Å². The Balaban J connectivity index is 1.87. The molecule has 29 heavy (non-hydrogen) atoms. The Morgan fingerprint density at radius 2 is 2.03 bits per heavy atom. The van der Waals surface area contributed by atoms with Crippen molar-refractivity contribution in [1.82, 2.24) is 4.90 Å². The number of rotatable bonds is 8. The first-order valence-corrected chi connectivity index (χ1v) is 10.5. The number of ether oxygens (including phenoxy) is 1. The molecule has 2 aromatic carbocycles. The van der Waals surface area contributed by atoms with Crippen molar-refractivity contribution in [3.05, 3.63) is 70.5 Å². The zero-order chi connectivity index (χ0) is 21.0. The van der Waals surface area contributed by atoms with E-state index in [0.29, 0.717) is 25.5 Å². The third-order valence-corrected chi connectivity index (χ3v) is 6.28. The molecule has 0 aliphatic carbocycles. The minimum absolute atomic E-state index is 0.0330. The van der Waals surface area contributed by atoms with Crippen LogP contribution in [0.1, 0.15) is 45.3 Å². The molecule has 1 saturated heterocycles. The summed E-state index contributed by atoms with van der Waals surface area (Å²) in [6, 6.07) is 11.3. The van der Waals surface area contributed by atoms with Gasteiger partial charge < -0.3 is 14.7 Å². The third kappa shape index (κ3) is 4.97. The minimum Gasteiger partial charge on any atom is -0.478 e. The summed E-state index contributed by atoms with van der Waals surface area (Å²) >= 11 is 1.52. The maximum Gasteiger partial charge on any atom is 0.335 e. The topological polar surface area (TPSA) is 66.8 Å². The van der Waals surface area contributed by atoms with E-state index in [-0.39, 0.29) is 28.6 Å². The highest BCUT2D eigenvalue weighted by Crippen LogP contribution is 2.40. The molecule has 0 saturated carbocycles. The van der Waals surface area contributed by atoms with E-state index < -0.39 is 5.97 Å². The van der Waals surface area contributed by atoms with Crippen molar-refractivity contribution in [3.8, 4) is 0 Å². The van der Waals surface area contributed by atoms with E-state index in [9.17, 15) is 19.1 Å². The predicted molar refractivity (Wildman–Crippen MR) is 111 cm³/mol. The van der Waals surface area contributed by atoms with Crippen molar-refractivity contribution in [3.63, 3.8) is 0 Å². The van der Waals surface area contributed by atoms with Gasteiger partial charge in [0.1, 0.15) is 11.2 Å². The van der Waals surface area contributed by atoms with Crippen molar-refractivity contribution in [2.24, 2.45) is 0 Å². The van der Waals surface area contributed by atoms with Crippen molar-refractivity contribution in [2.75, 3.05) is 25.5 Å². The Bertz CT molecular complexity index is 887. The Morgan fingerprint density at radius 1 is 1.31 bits per heavy atom. The largest absolute Gasteiger partial charge is 0.478 e. The van der Waals surface area contributed by atoms with Crippen LogP contribution in [-0.4, -0.2) is 47.4 Å². The molecule has 3 rings (SSSR count). The van der Waals surface area contributed by atoms with Crippen LogP contribution in [0.2, 0.25) is 0 Å². The molecular weight excluding hydrogens is 393 g/mol. The van der Waals surface area contributed by atoms with Gasteiger partial charge in [0, 0.05) is 19.1 Å². The van der Waals surface area contributed by atoms with E-state index in [2.05, 4.69) is 0 Å². The number of carboxylic acid groups (broad SMARTS) is 1. The fourth-order valence-electron chi connectivity index (χ4n) is 3.56. The van der Waals surface area contributed by atoms with Gasteiger partial charge in [0.05, 0.1) is 17.9 Å². The molecule has 0 radical (unpaired) electrons. The fourth-order valence-corrected chi connectivity index (χ4v) is 4.76. The SMILES string of the molecule is CCOCC(CN1C(=O)CSC1c1ccc(F)cc1)c1ccc(C(=O)O)cc1C. The van der Waals surface area contributed by atoms with Gasteiger partial charge in [-0.3, -0.25) is 4.79 Å². The maximum absolute atomic E-state index is 13.3. The average molecular weight is 418 g/mol. The van der Waals surface area contributed by atoms with Crippen LogP contribution < -0.4 is 0 Å². The van der Waals surface area contributed by atoms with Gasteiger partial charge in [-0.2, -0.15) is 0 Å². The van der Waals surface area contributed by atoms with Crippen LogP contribution in [0, 0.1) is 12.7 Å². The van der Waals surface area contributed by atoms with E-state index >= 15 is 0 Å². The molecule has 1 amide bonds. The summed E-state index contributed by atoms with van der Waals surface area (Å²) < 4.78 is 19.0. The smallest absolute Gasteiger partial charge is 0.335 e. The Kier molecular flexibility index (Phi) is 6.92. The molecule has 2 atom stereocenters. The van der Waals surface area contributed by atoms with Crippen LogP contribution in [0.15, 0.2) is 42.5 Å². The maximum atomic E-state index is 13.3. The molecule has 1 aliphatic rings. The molecule has 0 bridgehead atoms. The molecule has 0 aromatic heterocycles. The third-order valence-electron chi connectivity index (χ3n) is 5.02. The van der Waals surface area contributed by atoms with Gasteiger partial charge in [-0.25, -0.2) is 9.18 Å². The van der Waals surface area contributed by atoms with Crippen molar-refractivity contribution < 1.29 is 23.8 Å². The zero-order valence-corrected chi connectivity index (χ0v) is 17.2. The highest BCUT2D eigenvalue weighted by Gasteiger charge is 2.35. The van der Waals surface area contributed by atoms with E-state index in [4.69, 9.17) is 4.74 Å². The van der Waals surface area contributed by atoms with Gasteiger partial charge in [-0.15, -0.1) is 11.8 Å². The molecule has 1 aliphatic heterocycles. The van der Waals surface area contributed by atoms with E-state index in [1.54, 1.807) is 24.3 Å². The highest BCUT2D eigenvalue weighted by molar-refractivity contribution is 8.00. The number of carbonyl (C=O) groups is 2.